The second-order valence-corrected chi connectivity index (χ2v) is 8.81. The molecule has 0 atom stereocenters. The Morgan fingerprint density at radius 1 is 1.04 bits per heavy atom. The summed E-state index contributed by atoms with van der Waals surface area (Å²) in [5, 5.41) is 9.78. The molecule has 5 heteroatoms. The lowest BCUT2D eigenvalue weighted by Gasteiger charge is -2.35. The molecule has 1 aliphatic carbocycles. The van der Waals surface area contributed by atoms with Gasteiger partial charge in [0.25, 0.3) is 5.91 Å². The van der Waals surface area contributed by atoms with Gasteiger partial charge in [-0.3, -0.25) is 9.80 Å². The zero-order valence-corrected chi connectivity index (χ0v) is 17.2. The van der Waals surface area contributed by atoms with Gasteiger partial charge in [-0.25, -0.2) is 0 Å². The topological polar surface area (TPSA) is 47.9 Å². The largest absolute Gasteiger partial charge is 0.349 e. The second-order valence-electron chi connectivity index (χ2n) is 8.81. The Kier molecular flexibility index (Phi) is 6.30. The third-order valence-corrected chi connectivity index (χ3v) is 6.57. The van der Waals surface area contributed by atoms with E-state index in [1.165, 1.54) is 38.6 Å². The molecule has 2 aliphatic heterocycles. The lowest BCUT2D eigenvalue weighted by atomic mass is 9.88. The quantitative estimate of drug-likeness (QED) is 0.836. The molecule has 4 rings (SSSR count). The van der Waals surface area contributed by atoms with Gasteiger partial charge in [0.1, 0.15) is 0 Å². The van der Waals surface area contributed by atoms with E-state index in [4.69, 9.17) is 0 Å². The van der Waals surface area contributed by atoms with Crippen LogP contribution < -0.4 is 10.3 Å². The van der Waals surface area contributed by atoms with E-state index < -0.39 is 0 Å². The first-order chi connectivity index (χ1) is 13.7. The minimum atomic E-state index is 0.0541. The second kappa shape index (κ2) is 9.08. The number of rotatable bonds is 5. The summed E-state index contributed by atoms with van der Waals surface area (Å²) in [5.74, 6) is 0.959. The number of benzene rings is 1. The number of nitrogens with zero attached hydrogens (tertiary/aromatic N) is 3. The average Bonchev–Trinajstić information content (AvgIpc) is 3.17. The molecule has 1 amide bonds. The molecular formula is C23H34N4O. The molecule has 0 bridgehead atoms. The van der Waals surface area contributed by atoms with Crippen LogP contribution in [0.25, 0.3) is 0 Å². The minimum Gasteiger partial charge on any atom is -0.349 e. The van der Waals surface area contributed by atoms with Crippen molar-refractivity contribution in [3.8, 4) is 0 Å². The van der Waals surface area contributed by atoms with Crippen molar-refractivity contribution in [3.05, 3.63) is 29.8 Å². The number of nitrogens with one attached hydrogen (secondary N) is 1. The van der Waals surface area contributed by atoms with E-state index in [0.717, 1.165) is 61.8 Å². The van der Waals surface area contributed by atoms with Crippen LogP contribution in [-0.4, -0.2) is 48.7 Å². The van der Waals surface area contributed by atoms with Crippen LogP contribution in [0.15, 0.2) is 29.4 Å². The van der Waals surface area contributed by atoms with Gasteiger partial charge in [-0.1, -0.05) is 19.3 Å². The Morgan fingerprint density at radius 2 is 1.75 bits per heavy atom. The molecule has 0 radical (unpaired) electrons. The third kappa shape index (κ3) is 4.93. The first-order valence-corrected chi connectivity index (χ1v) is 11.1. The molecule has 1 saturated carbocycles. The monoisotopic (exact) mass is 382 g/mol. The molecule has 0 aromatic heterocycles. The number of anilines is 1. The van der Waals surface area contributed by atoms with Crippen LogP contribution in [0.4, 0.5) is 5.69 Å². The summed E-state index contributed by atoms with van der Waals surface area (Å²) >= 11 is 0. The van der Waals surface area contributed by atoms with Crippen LogP contribution in [0, 0.1) is 5.92 Å². The highest BCUT2D eigenvalue weighted by Gasteiger charge is 2.24. The van der Waals surface area contributed by atoms with E-state index in [1.807, 2.05) is 29.3 Å². The molecule has 28 heavy (non-hydrogen) atoms. The molecule has 1 aromatic carbocycles. The van der Waals surface area contributed by atoms with Crippen LogP contribution in [-0.2, 0) is 0 Å². The first-order valence-electron chi connectivity index (χ1n) is 11.1. The van der Waals surface area contributed by atoms with Gasteiger partial charge in [-0.15, -0.1) is 0 Å². The van der Waals surface area contributed by atoms with Gasteiger partial charge in [-0.05, 0) is 62.8 Å². The van der Waals surface area contributed by atoms with Crippen molar-refractivity contribution in [2.24, 2.45) is 11.0 Å². The van der Waals surface area contributed by atoms with Crippen molar-refractivity contribution in [1.29, 1.82) is 0 Å². The van der Waals surface area contributed by atoms with Gasteiger partial charge >= 0.3 is 0 Å². The van der Waals surface area contributed by atoms with Crippen LogP contribution in [0.5, 0.6) is 0 Å². The van der Waals surface area contributed by atoms with Crippen molar-refractivity contribution in [2.75, 3.05) is 31.2 Å². The lowest BCUT2D eigenvalue weighted by molar-refractivity contribution is 0.0901. The summed E-state index contributed by atoms with van der Waals surface area (Å²) in [6, 6.07) is 8.16. The Morgan fingerprint density at radius 3 is 2.39 bits per heavy atom. The number of carbonyl (C=O) groups excluding carboxylic acids is 1. The standard InChI is InChI=1S/C23H34N4O/c1-18-11-16-27(25-18)22-9-7-20(8-10-22)23(28)24-21-12-14-26(15-13-21)17-19-5-3-2-4-6-19/h7-10,19,21H,2-6,11-17H2,1H3,(H,24,28). The zero-order valence-electron chi connectivity index (χ0n) is 17.2. The van der Waals surface area contributed by atoms with Crippen LogP contribution >= 0.6 is 0 Å². The summed E-state index contributed by atoms with van der Waals surface area (Å²) in [5.41, 5.74) is 2.97. The van der Waals surface area contributed by atoms with Crippen molar-refractivity contribution in [1.82, 2.24) is 10.2 Å². The molecule has 2 fully saturated rings. The maximum Gasteiger partial charge on any atom is 0.251 e. The first kappa shape index (κ1) is 19.4. The van der Waals surface area contributed by atoms with Gasteiger partial charge in [0.2, 0.25) is 0 Å². The number of piperidine rings is 1. The normalized spacial score (nSPS) is 22.3. The number of carbonyl (C=O) groups is 1. The van der Waals surface area contributed by atoms with E-state index in [9.17, 15) is 4.79 Å². The average molecular weight is 383 g/mol. The fourth-order valence-corrected chi connectivity index (χ4v) is 4.81. The van der Waals surface area contributed by atoms with Crippen molar-refractivity contribution < 1.29 is 4.79 Å². The van der Waals surface area contributed by atoms with Gasteiger partial charge in [-0.2, -0.15) is 5.10 Å². The molecule has 0 spiro atoms. The number of amides is 1. The fourth-order valence-electron chi connectivity index (χ4n) is 4.81. The van der Waals surface area contributed by atoms with E-state index >= 15 is 0 Å². The molecular weight excluding hydrogens is 348 g/mol. The Hall–Kier alpha value is -1.88. The molecule has 1 N–H and O–H groups in total. The van der Waals surface area contributed by atoms with E-state index in [0.29, 0.717) is 6.04 Å². The van der Waals surface area contributed by atoms with Crippen molar-refractivity contribution in [2.45, 2.75) is 64.3 Å². The maximum atomic E-state index is 12.6. The molecule has 2 heterocycles. The molecule has 1 aromatic rings. The SMILES string of the molecule is CC1=NN(c2ccc(C(=O)NC3CCN(CC4CCCCC4)CC3)cc2)CC1. The van der Waals surface area contributed by atoms with E-state index in [2.05, 4.69) is 22.2 Å². The highest BCUT2D eigenvalue weighted by Crippen LogP contribution is 2.25. The van der Waals surface area contributed by atoms with Gasteiger partial charge in [0, 0.05) is 49.9 Å². The summed E-state index contributed by atoms with van der Waals surface area (Å²) in [7, 11) is 0. The van der Waals surface area contributed by atoms with Crippen LogP contribution in [0.3, 0.4) is 0 Å². The lowest BCUT2D eigenvalue weighted by Crippen LogP contribution is -2.45. The van der Waals surface area contributed by atoms with Gasteiger partial charge in [0.15, 0.2) is 0 Å². The fraction of sp³-hybridized carbons (Fsp3) is 0.652. The van der Waals surface area contributed by atoms with E-state index in [1.54, 1.807) is 0 Å². The zero-order chi connectivity index (χ0) is 19.3. The predicted molar refractivity (Wildman–Crippen MR) is 115 cm³/mol. The van der Waals surface area contributed by atoms with Crippen LogP contribution in [0.2, 0.25) is 0 Å². The summed E-state index contributed by atoms with van der Waals surface area (Å²) in [6.45, 7) is 6.49. The predicted octanol–water partition coefficient (Wildman–Crippen LogP) is 4.05. The van der Waals surface area contributed by atoms with E-state index in [-0.39, 0.29) is 5.91 Å². The number of hydrazone groups is 1. The maximum absolute atomic E-state index is 12.6. The van der Waals surface area contributed by atoms with Crippen molar-refractivity contribution in [3.63, 3.8) is 0 Å². The van der Waals surface area contributed by atoms with Crippen LogP contribution in [0.1, 0.15) is 68.6 Å². The Bertz CT molecular complexity index is 685. The summed E-state index contributed by atoms with van der Waals surface area (Å²) < 4.78 is 0. The number of hydrogen-bond donors (Lipinski definition) is 1. The molecule has 152 valence electrons. The summed E-state index contributed by atoms with van der Waals surface area (Å²) in [4.78, 5) is 15.2. The Balaban J connectivity index is 1.23. The summed E-state index contributed by atoms with van der Waals surface area (Å²) in [6.07, 6.45) is 10.2. The Labute approximate surface area is 169 Å². The smallest absolute Gasteiger partial charge is 0.251 e. The molecule has 3 aliphatic rings. The number of likely N-dealkylation sites (tertiary alicyclic amines) is 1. The van der Waals surface area contributed by atoms with Crippen molar-refractivity contribution >= 4 is 17.3 Å². The van der Waals surface area contributed by atoms with Gasteiger partial charge < -0.3 is 10.2 Å². The highest BCUT2D eigenvalue weighted by molar-refractivity contribution is 5.94. The molecule has 1 saturated heterocycles. The number of hydrogen-bond acceptors (Lipinski definition) is 4. The minimum absolute atomic E-state index is 0.0541. The molecule has 0 unspecified atom stereocenters. The van der Waals surface area contributed by atoms with Gasteiger partial charge in [0.05, 0.1) is 5.69 Å². The molecule has 5 nitrogen and oxygen atoms in total. The highest BCUT2D eigenvalue weighted by atomic mass is 16.1. The third-order valence-electron chi connectivity index (χ3n) is 6.57.